The Hall–Kier alpha value is -2.93. The van der Waals surface area contributed by atoms with E-state index in [2.05, 4.69) is 16.6 Å². The standard InChI is InChI=1S/C26H25Cl2N3O6S2/c1-2-25(31-12-14-37-15-13-31)38(33,34)22-5-3-4-20(17-22)29-26(32)23-16-19(28)8-11-24(23)30-39(35,36)21-9-6-18(27)7-10-21/h2-11,16-17,25,30H,1,12-15H2,(H,29,32). The van der Waals surface area contributed by atoms with Crippen LogP contribution in [0.2, 0.25) is 10.0 Å². The number of carbonyl (C=O) groups is 1. The molecule has 9 nitrogen and oxygen atoms in total. The maximum atomic E-state index is 13.4. The molecule has 1 fully saturated rings. The fourth-order valence-electron chi connectivity index (χ4n) is 4.00. The van der Waals surface area contributed by atoms with Crippen molar-refractivity contribution < 1.29 is 26.4 Å². The Balaban J connectivity index is 1.59. The van der Waals surface area contributed by atoms with Gasteiger partial charge in [-0.2, -0.15) is 0 Å². The highest BCUT2D eigenvalue weighted by Crippen LogP contribution is 2.27. The summed E-state index contributed by atoms with van der Waals surface area (Å²) in [6.45, 7) is 5.42. The zero-order chi connectivity index (χ0) is 28.2. The van der Waals surface area contributed by atoms with Crippen LogP contribution in [0.3, 0.4) is 0 Å². The summed E-state index contributed by atoms with van der Waals surface area (Å²) in [7, 11) is -7.92. The van der Waals surface area contributed by atoms with E-state index in [1.807, 2.05) is 0 Å². The Kier molecular flexibility index (Phi) is 9.00. The first-order valence-corrected chi connectivity index (χ1v) is 15.5. The molecule has 1 amide bonds. The normalized spacial score (nSPS) is 15.3. The van der Waals surface area contributed by atoms with E-state index >= 15 is 0 Å². The van der Waals surface area contributed by atoms with Crippen molar-refractivity contribution in [3.05, 3.63) is 95.0 Å². The van der Waals surface area contributed by atoms with Crippen LogP contribution < -0.4 is 10.0 Å². The van der Waals surface area contributed by atoms with E-state index in [0.717, 1.165) is 0 Å². The van der Waals surface area contributed by atoms with Gasteiger partial charge in [0.2, 0.25) is 0 Å². The lowest BCUT2D eigenvalue weighted by Crippen LogP contribution is -2.46. The molecule has 39 heavy (non-hydrogen) atoms. The topological polar surface area (TPSA) is 122 Å². The smallest absolute Gasteiger partial charge is 0.261 e. The second-order valence-electron chi connectivity index (χ2n) is 8.55. The SMILES string of the molecule is C=CC(N1CCOCC1)S(=O)(=O)c1cccc(NC(=O)c2cc(Cl)ccc2NS(=O)(=O)c2ccc(Cl)cc2)c1. The lowest BCUT2D eigenvalue weighted by molar-refractivity contribution is 0.0374. The first-order chi connectivity index (χ1) is 18.5. The summed E-state index contributed by atoms with van der Waals surface area (Å²) in [4.78, 5) is 14.9. The highest BCUT2D eigenvalue weighted by atomic mass is 35.5. The van der Waals surface area contributed by atoms with E-state index in [0.29, 0.717) is 31.3 Å². The summed E-state index contributed by atoms with van der Waals surface area (Å²) in [6, 6.07) is 15.4. The van der Waals surface area contributed by atoms with Gasteiger partial charge in [-0.25, -0.2) is 16.8 Å². The van der Waals surface area contributed by atoms with Crippen LogP contribution in [0, 0.1) is 0 Å². The molecule has 3 aromatic carbocycles. The van der Waals surface area contributed by atoms with Gasteiger partial charge in [-0.1, -0.05) is 35.3 Å². The van der Waals surface area contributed by atoms with Crippen molar-refractivity contribution in [3.8, 4) is 0 Å². The predicted octanol–water partition coefficient (Wildman–Crippen LogP) is 4.66. The number of hydrogen-bond donors (Lipinski definition) is 2. The van der Waals surface area contributed by atoms with Gasteiger partial charge in [-0.3, -0.25) is 14.4 Å². The van der Waals surface area contributed by atoms with Gasteiger partial charge < -0.3 is 10.1 Å². The summed E-state index contributed by atoms with van der Waals surface area (Å²) in [5.74, 6) is -0.700. The Labute approximate surface area is 237 Å². The van der Waals surface area contributed by atoms with Crippen LogP contribution in [0.1, 0.15) is 10.4 Å². The third-order valence-electron chi connectivity index (χ3n) is 5.94. The lowest BCUT2D eigenvalue weighted by atomic mass is 10.1. The maximum Gasteiger partial charge on any atom is 0.261 e. The maximum absolute atomic E-state index is 13.4. The molecule has 3 aromatic rings. The van der Waals surface area contributed by atoms with E-state index < -0.39 is 31.1 Å². The van der Waals surface area contributed by atoms with Crippen LogP contribution in [-0.4, -0.2) is 59.3 Å². The number of amides is 1. The van der Waals surface area contributed by atoms with Crippen LogP contribution in [0.4, 0.5) is 11.4 Å². The van der Waals surface area contributed by atoms with Crippen molar-refractivity contribution in [2.45, 2.75) is 15.2 Å². The van der Waals surface area contributed by atoms with Gasteiger partial charge in [0.1, 0.15) is 5.37 Å². The minimum Gasteiger partial charge on any atom is -0.379 e. The van der Waals surface area contributed by atoms with E-state index in [1.54, 1.807) is 4.90 Å². The number of sulfone groups is 1. The van der Waals surface area contributed by atoms with Crippen LogP contribution in [0.25, 0.3) is 0 Å². The summed E-state index contributed by atoms with van der Waals surface area (Å²) in [5.41, 5.74) is 0.109. The number of anilines is 2. The van der Waals surface area contributed by atoms with Crippen LogP contribution in [0.15, 0.2) is 89.2 Å². The summed E-state index contributed by atoms with van der Waals surface area (Å²) < 4.78 is 60.4. The lowest BCUT2D eigenvalue weighted by Gasteiger charge is -2.32. The predicted molar refractivity (Wildman–Crippen MR) is 152 cm³/mol. The van der Waals surface area contributed by atoms with Gasteiger partial charge in [0.05, 0.1) is 34.3 Å². The number of benzene rings is 3. The van der Waals surface area contributed by atoms with Gasteiger partial charge in [-0.05, 0) is 60.7 Å². The number of nitrogens with one attached hydrogen (secondary N) is 2. The van der Waals surface area contributed by atoms with Gasteiger partial charge in [0, 0.05) is 28.8 Å². The molecule has 0 aliphatic carbocycles. The number of carbonyl (C=O) groups excluding carboxylic acids is 1. The van der Waals surface area contributed by atoms with E-state index in [4.69, 9.17) is 27.9 Å². The van der Waals surface area contributed by atoms with Crippen molar-refractivity contribution in [3.63, 3.8) is 0 Å². The monoisotopic (exact) mass is 609 g/mol. The second kappa shape index (κ2) is 12.1. The summed E-state index contributed by atoms with van der Waals surface area (Å²) in [6.07, 6.45) is 1.37. The van der Waals surface area contributed by atoms with Crippen LogP contribution >= 0.6 is 23.2 Å². The van der Waals surface area contributed by atoms with Crippen LogP contribution in [0.5, 0.6) is 0 Å². The van der Waals surface area contributed by atoms with E-state index in [1.165, 1.54) is 72.8 Å². The van der Waals surface area contributed by atoms with E-state index in [9.17, 15) is 21.6 Å². The number of rotatable bonds is 9. The van der Waals surface area contributed by atoms with Crippen molar-refractivity contribution in [1.82, 2.24) is 4.90 Å². The Bertz CT molecular complexity index is 1590. The third-order valence-corrected chi connectivity index (χ3v) is 9.85. The fourth-order valence-corrected chi connectivity index (χ4v) is 7.08. The quantitative estimate of drug-likeness (QED) is 0.338. The van der Waals surface area contributed by atoms with Crippen molar-refractivity contribution in [1.29, 1.82) is 0 Å². The number of ether oxygens (including phenoxy) is 1. The first kappa shape index (κ1) is 29.1. The molecule has 0 aromatic heterocycles. The first-order valence-electron chi connectivity index (χ1n) is 11.7. The molecule has 2 N–H and O–H groups in total. The number of hydrogen-bond acceptors (Lipinski definition) is 7. The van der Waals surface area contributed by atoms with Crippen molar-refractivity contribution >= 4 is 60.3 Å². The molecule has 0 saturated carbocycles. The largest absolute Gasteiger partial charge is 0.379 e. The Morgan fingerprint density at radius 2 is 1.59 bits per heavy atom. The molecule has 1 aliphatic rings. The van der Waals surface area contributed by atoms with Gasteiger partial charge >= 0.3 is 0 Å². The highest BCUT2D eigenvalue weighted by molar-refractivity contribution is 7.92. The number of halogens is 2. The Morgan fingerprint density at radius 1 is 0.923 bits per heavy atom. The molecule has 0 radical (unpaired) electrons. The second-order valence-corrected chi connectivity index (χ2v) is 13.2. The molecular weight excluding hydrogens is 585 g/mol. The number of sulfonamides is 1. The molecule has 206 valence electrons. The summed E-state index contributed by atoms with van der Waals surface area (Å²) in [5, 5.41) is 2.24. The molecule has 1 unspecified atom stereocenters. The number of nitrogens with zero attached hydrogens (tertiary/aromatic N) is 1. The molecule has 1 saturated heterocycles. The van der Waals surface area contributed by atoms with Crippen molar-refractivity contribution in [2.75, 3.05) is 36.3 Å². The highest BCUT2D eigenvalue weighted by Gasteiger charge is 2.32. The molecule has 1 heterocycles. The zero-order valence-electron chi connectivity index (χ0n) is 20.5. The molecule has 0 bridgehead atoms. The fraction of sp³-hybridized carbons (Fsp3) is 0.192. The minimum absolute atomic E-state index is 0.00792. The zero-order valence-corrected chi connectivity index (χ0v) is 23.7. The van der Waals surface area contributed by atoms with Gasteiger partial charge in [0.15, 0.2) is 9.84 Å². The molecule has 1 atom stereocenters. The van der Waals surface area contributed by atoms with E-state index in [-0.39, 0.29) is 31.8 Å². The number of morpholine rings is 1. The molecule has 0 spiro atoms. The molecular formula is C26H25Cl2N3O6S2. The van der Waals surface area contributed by atoms with Gasteiger partial charge in [-0.15, -0.1) is 6.58 Å². The Morgan fingerprint density at radius 3 is 2.26 bits per heavy atom. The minimum atomic E-state index is -4.06. The third kappa shape index (κ3) is 6.81. The summed E-state index contributed by atoms with van der Waals surface area (Å²) >= 11 is 12.0. The molecule has 13 heteroatoms. The van der Waals surface area contributed by atoms with Gasteiger partial charge in [0.25, 0.3) is 15.9 Å². The van der Waals surface area contributed by atoms with Crippen LogP contribution in [-0.2, 0) is 24.6 Å². The average Bonchev–Trinajstić information content (AvgIpc) is 2.91. The molecule has 4 rings (SSSR count). The van der Waals surface area contributed by atoms with Crippen molar-refractivity contribution in [2.24, 2.45) is 0 Å². The average molecular weight is 611 g/mol. The molecule has 1 aliphatic heterocycles.